The monoisotopic (exact) mass is 435 g/mol. The minimum Gasteiger partial charge on any atom is -0.350 e. The third-order valence-corrected chi connectivity index (χ3v) is 6.26. The van der Waals surface area contributed by atoms with Gasteiger partial charge in [-0.25, -0.2) is 0 Å². The van der Waals surface area contributed by atoms with E-state index in [-0.39, 0.29) is 17.9 Å². The van der Waals surface area contributed by atoms with Crippen LogP contribution in [0.2, 0.25) is 0 Å². The Morgan fingerprint density at radius 3 is 2.52 bits per heavy atom. The summed E-state index contributed by atoms with van der Waals surface area (Å²) >= 11 is 0. The molecular weight excluding hydrogens is 410 g/mol. The van der Waals surface area contributed by atoms with Crippen molar-refractivity contribution in [1.29, 1.82) is 0 Å². The molecule has 5 nitrogen and oxygen atoms in total. The zero-order valence-electron chi connectivity index (χ0n) is 18.3. The zero-order chi connectivity index (χ0) is 22.6. The van der Waals surface area contributed by atoms with Gasteiger partial charge in [-0.3, -0.25) is 14.6 Å². The number of aromatic nitrogens is 1. The van der Waals surface area contributed by atoms with Crippen LogP contribution in [0.4, 0.5) is 0 Å². The first-order chi connectivity index (χ1) is 16.2. The van der Waals surface area contributed by atoms with Crippen molar-refractivity contribution in [3.63, 3.8) is 0 Å². The maximum atomic E-state index is 13.5. The van der Waals surface area contributed by atoms with Gasteiger partial charge in [0.2, 0.25) is 0 Å². The van der Waals surface area contributed by atoms with Crippen molar-refractivity contribution < 1.29 is 9.59 Å². The highest BCUT2D eigenvalue weighted by atomic mass is 16.2. The highest BCUT2D eigenvalue weighted by Gasteiger charge is 2.31. The van der Waals surface area contributed by atoms with Crippen LogP contribution in [-0.4, -0.2) is 40.8 Å². The Labute approximate surface area is 193 Å². The third kappa shape index (κ3) is 4.22. The first kappa shape index (κ1) is 20.9. The lowest BCUT2D eigenvalue weighted by Crippen LogP contribution is -2.43. The highest BCUT2D eigenvalue weighted by molar-refractivity contribution is 6.05. The van der Waals surface area contributed by atoms with Crippen molar-refractivity contribution in [2.45, 2.75) is 18.9 Å². The smallest absolute Gasteiger partial charge is 0.254 e. The number of amides is 2. The molecule has 1 aromatic heterocycles. The van der Waals surface area contributed by atoms with Gasteiger partial charge in [0.15, 0.2) is 0 Å². The second kappa shape index (κ2) is 9.25. The number of para-hydroxylation sites is 1. The van der Waals surface area contributed by atoms with Crippen molar-refractivity contribution in [2.24, 2.45) is 0 Å². The number of pyridine rings is 1. The van der Waals surface area contributed by atoms with Crippen molar-refractivity contribution in [2.75, 3.05) is 13.1 Å². The Hall–Kier alpha value is -3.99. The van der Waals surface area contributed by atoms with Gasteiger partial charge in [0, 0.05) is 36.3 Å². The molecule has 33 heavy (non-hydrogen) atoms. The van der Waals surface area contributed by atoms with Crippen molar-refractivity contribution in [3.8, 4) is 11.1 Å². The van der Waals surface area contributed by atoms with Gasteiger partial charge in [-0.05, 0) is 42.2 Å². The van der Waals surface area contributed by atoms with Crippen molar-refractivity contribution in [1.82, 2.24) is 15.2 Å². The van der Waals surface area contributed by atoms with Gasteiger partial charge in [0.05, 0.1) is 11.1 Å². The Balaban J connectivity index is 1.33. The molecule has 4 aromatic rings. The summed E-state index contributed by atoms with van der Waals surface area (Å²) in [4.78, 5) is 32.8. The molecule has 2 heterocycles. The van der Waals surface area contributed by atoms with Crippen LogP contribution in [0, 0.1) is 0 Å². The molecule has 1 aliphatic heterocycles. The molecule has 1 aliphatic rings. The minimum atomic E-state index is -0.164. The molecule has 0 aliphatic carbocycles. The van der Waals surface area contributed by atoms with Crippen LogP contribution in [0.5, 0.6) is 0 Å². The lowest BCUT2D eigenvalue weighted by atomic mass is 9.98. The fraction of sp³-hybridized carbons (Fsp3) is 0.179. The number of hydrogen-bond donors (Lipinski definition) is 1. The van der Waals surface area contributed by atoms with Crippen molar-refractivity contribution >= 4 is 22.7 Å². The van der Waals surface area contributed by atoms with E-state index in [9.17, 15) is 9.59 Å². The molecule has 5 heteroatoms. The summed E-state index contributed by atoms with van der Waals surface area (Å²) in [5, 5.41) is 3.97. The number of hydrogen-bond acceptors (Lipinski definition) is 3. The number of likely N-dealkylation sites (tertiary alicyclic amines) is 1. The predicted molar refractivity (Wildman–Crippen MR) is 130 cm³/mol. The predicted octanol–water partition coefficient (Wildman–Crippen LogP) is 4.94. The molecule has 0 bridgehead atoms. The van der Waals surface area contributed by atoms with Gasteiger partial charge in [-0.15, -0.1) is 0 Å². The number of carbonyl (C=O) groups is 2. The highest BCUT2D eigenvalue weighted by Crippen LogP contribution is 2.27. The Kier molecular flexibility index (Phi) is 5.85. The van der Waals surface area contributed by atoms with Crippen LogP contribution in [0.15, 0.2) is 91.1 Å². The topological polar surface area (TPSA) is 62.3 Å². The quantitative estimate of drug-likeness (QED) is 0.483. The van der Waals surface area contributed by atoms with E-state index in [1.807, 2.05) is 83.8 Å². The fourth-order valence-corrected chi connectivity index (χ4v) is 4.60. The van der Waals surface area contributed by atoms with E-state index < -0.39 is 0 Å². The van der Waals surface area contributed by atoms with E-state index in [0.717, 1.165) is 29.4 Å². The van der Waals surface area contributed by atoms with Gasteiger partial charge >= 0.3 is 0 Å². The zero-order valence-corrected chi connectivity index (χ0v) is 18.3. The first-order valence-electron chi connectivity index (χ1n) is 11.3. The molecule has 5 rings (SSSR count). The van der Waals surface area contributed by atoms with Gasteiger partial charge in [-0.1, -0.05) is 66.7 Å². The average Bonchev–Trinajstić information content (AvgIpc) is 3.35. The van der Waals surface area contributed by atoms with E-state index in [0.29, 0.717) is 29.7 Å². The van der Waals surface area contributed by atoms with Gasteiger partial charge < -0.3 is 10.2 Å². The van der Waals surface area contributed by atoms with E-state index in [1.54, 1.807) is 12.3 Å². The molecule has 1 atom stereocenters. The lowest BCUT2D eigenvalue weighted by Gasteiger charge is -2.26. The minimum absolute atomic E-state index is 0.0121. The number of rotatable bonds is 5. The number of fused-ring (bicyclic) bond motifs is 1. The van der Waals surface area contributed by atoms with Crippen molar-refractivity contribution in [3.05, 3.63) is 102 Å². The fourth-order valence-electron chi connectivity index (χ4n) is 4.60. The normalized spacial score (nSPS) is 15.5. The van der Waals surface area contributed by atoms with Crippen LogP contribution >= 0.6 is 0 Å². The maximum Gasteiger partial charge on any atom is 0.254 e. The van der Waals surface area contributed by atoms with E-state index in [2.05, 4.69) is 10.3 Å². The summed E-state index contributed by atoms with van der Waals surface area (Å²) in [5.41, 5.74) is 3.89. The molecule has 0 radical (unpaired) electrons. The molecule has 1 saturated heterocycles. The van der Waals surface area contributed by atoms with Gasteiger partial charge in [0.25, 0.3) is 11.8 Å². The summed E-state index contributed by atoms with van der Waals surface area (Å²) in [6.07, 6.45) is 3.49. The van der Waals surface area contributed by atoms with Crippen LogP contribution in [0.1, 0.15) is 33.6 Å². The summed E-state index contributed by atoms with van der Waals surface area (Å²) < 4.78 is 0. The van der Waals surface area contributed by atoms with Crippen LogP contribution < -0.4 is 5.32 Å². The van der Waals surface area contributed by atoms with E-state index >= 15 is 0 Å². The molecule has 3 aromatic carbocycles. The van der Waals surface area contributed by atoms with Crippen LogP contribution in [-0.2, 0) is 0 Å². The SMILES string of the molecule is O=C(NC[C@@H]1CCCN1C(=O)c1ccccc1-c1ccccc1)c1cccc2cccnc12. The Morgan fingerprint density at radius 2 is 1.64 bits per heavy atom. The van der Waals surface area contributed by atoms with Gasteiger partial charge in [0.1, 0.15) is 0 Å². The van der Waals surface area contributed by atoms with Gasteiger partial charge in [-0.2, -0.15) is 0 Å². The van der Waals surface area contributed by atoms with E-state index in [4.69, 9.17) is 0 Å². The first-order valence-corrected chi connectivity index (χ1v) is 11.3. The lowest BCUT2D eigenvalue weighted by molar-refractivity contribution is 0.0726. The summed E-state index contributed by atoms with van der Waals surface area (Å²) in [6.45, 7) is 1.11. The van der Waals surface area contributed by atoms with E-state index in [1.165, 1.54) is 0 Å². The molecular formula is C28H25N3O2. The summed E-state index contributed by atoms with van der Waals surface area (Å²) in [5.74, 6) is -0.152. The van der Waals surface area contributed by atoms with Crippen LogP contribution in [0.25, 0.3) is 22.0 Å². The second-order valence-corrected chi connectivity index (χ2v) is 8.30. The molecule has 164 valence electrons. The number of benzene rings is 3. The number of carbonyl (C=O) groups excluding carboxylic acids is 2. The molecule has 2 amide bonds. The Morgan fingerprint density at radius 1 is 0.879 bits per heavy atom. The number of nitrogens with zero attached hydrogens (tertiary/aromatic N) is 2. The second-order valence-electron chi connectivity index (χ2n) is 8.30. The molecule has 0 spiro atoms. The maximum absolute atomic E-state index is 13.5. The average molecular weight is 436 g/mol. The molecule has 1 fully saturated rings. The summed E-state index contributed by atoms with van der Waals surface area (Å²) in [6, 6.07) is 27.1. The molecule has 1 N–H and O–H groups in total. The standard InChI is InChI=1S/C28H25N3O2/c32-27(25-16-6-11-21-12-7-17-29-26(21)25)30-19-22-13-8-18-31(22)28(33)24-15-5-4-14-23(24)20-9-2-1-3-10-20/h1-7,9-12,14-17,22H,8,13,18-19H2,(H,30,32)/t22-/m0/s1. The van der Waals surface area contributed by atoms with Crippen LogP contribution in [0.3, 0.4) is 0 Å². The molecule has 0 unspecified atom stereocenters. The number of nitrogens with one attached hydrogen (secondary N) is 1. The summed E-state index contributed by atoms with van der Waals surface area (Å²) in [7, 11) is 0. The largest absolute Gasteiger partial charge is 0.350 e. The molecule has 0 saturated carbocycles. The third-order valence-electron chi connectivity index (χ3n) is 6.26. The Bertz CT molecular complexity index is 1300.